The van der Waals surface area contributed by atoms with Crippen LogP contribution in [0.2, 0.25) is 0 Å². The minimum atomic E-state index is -1.23. The maximum absolute atomic E-state index is 9.45. The van der Waals surface area contributed by atoms with Crippen molar-refractivity contribution in [2.45, 2.75) is 13.0 Å². The molecule has 1 unspecified atom stereocenters. The molecule has 0 bridgehead atoms. The van der Waals surface area contributed by atoms with E-state index in [2.05, 4.69) is 0 Å². The molecular weight excluding hydrogens is 211 g/mol. The highest BCUT2D eigenvalue weighted by molar-refractivity contribution is 14.0. The van der Waals surface area contributed by atoms with Crippen molar-refractivity contribution >= 4 is 29.9 Å². The summed E-state index contributed by atoms with van der Waals surface area (Å²) in [5, 5.41) is 15.8. The zero-order valence-corrected chi connectivity index (χ0v) is 6.12. The van der Waals surface area contributed by atoms with E-state index >= 15 is 0 Å². The highest BCUT2D eigenvalue weighted by Crippen LogP contribution is 1.73. The smallest absolute Gasteiger partial charge is 0.332 e. The molecule has 0 fully saturated rings. The summed E-state index contributed by atoms with van der Waals surface area (Å²) in [5.41, 5.74) is 0. The first kappa shape index (κ1) is 10.2. The molecule has 0 aliphatic carbocycles. The predicted octanol–water partition coefficient (Wildman–Crippen LogP) is 0.0698. The molecule has 0 aromatic heterocycles. The second-order valence-electron chi connectivity index (χ2n) is 1.01. The molecule has 44 valence electrons. The van der Waals surface area contributed by atoms with Crippen molar-refractivity contribution in [3.8, 4) is 0 Å². The normalized spacial score (nSPS) is 11.7. The molecule has 0 radical (unpaired) electrons. The molecule has 0 aliphatic rings. The Bertz CT molecular complexity index is 61.2. The van der Waals surface area contributed by atoms with Gasteiger partial charge in [0.15, 0.2) is 0 Å². The van der Waals surface area contributed by atoms with Crippen LogP contribution in [0.25, 0.3) is 0 Å². The molecule has 0 aliphatic heterocycles. The van der Waals surface area contributed by atoms with E-state index in [1.807, 2.05) is 0 Å². The van der Waals surface area contributed by atoms with Gasteiger partial charge < -0.3 is 10.2 Å². The van der Waals surface area contributed by atoms with Crippen molar-refractivity contribution in [3.05, 3.63) is 0 Å². The van der Waals surface area contributed by atoms with Crippen LogP contribution in [0.4, 0.5) is 0 Å². The molecule has 0 aromatic rings. The van der Waals surface area contributed by atoms with Crippen LogP contribution >= 0.6 is 24.0 Å². The van der Waals surface area contributed by atoms with Crippen molar-refractivity contribution in [1.82, 2.24) is 0 Å². The lowest BCUT2D eigenvalue weighted by molar-refractivity contribution is -0.145. The number of rotatable bonds is 1. The number of aliphatic carboxylic acids is 1. The summed E-state index contributed by atoms with van der Waals surface area (Å²) in [5.74, 6) is -1.19. The number of hydrogen-bond acceptors (Lipinski definition) is 2. The lowest BCUT2D eigenvalue weighted by atomic mass is 10.4. The third-order valence-corrected chi connectivity index (χ3v) is 0.357. The number of carboxylic acid groups (broad SMARTS) is 1. The molecular formula is C3H7IO3. The molecule has 0 heterocycles. The maximum atomic E-state index is 9.45. The Morgan fingerprint density at radius 2 is 1.86 bits per heavy atom. The van der Waals surface area contributed by atoms with E-state index in [0.29, 0.717) is 0 Å². The molecule has 7 heavy (non-hydrogen) atoms. The second-order valence-corrected chi connectivity index (χ2v) is 1.01. The van der Waals surface area contributed by atoms with Gasteiger partial charge in [0.05, 0.1) is 0 Å². The van der Waals surface area contributed by atoms with E-state index < -0.39 is 12.1 Å². The Labute approximate surface area is 58.4 Å². The van der Waals surface area contributed by atoms with Crippen molar-refractivity contribution in [1.29, 1.82) is 0 Å². The van der Waals surface area contributed by atoms with Crippen molar-refractivity contribution in [2.24, 2.45) is 0 Å². The van der Waals surface area contributed by atoms with Gasteiger partial charge in [-0.15, -0.1) is 24.0 Å². The SMILES string of the molecule is CC(O)C(=O)O.I. The fourth-order valence-electron chi connectivity index (χ4n) is 0. The van der Waals surface area contributed by atoms with Gasteiger partial charge in [0.2, 0.25) is 0 Å². The quantitative estimate of drug-likeness (QED) is 0.612. The third kappa shape index (κ3) is 6.16. The van der Waals surface area contributed by atoms with Crippen LogP contribution < -0.4 is 0 Å². The van der Waals surface area contributed by atoms with Gasteiger partial charge >= 0.3 is 5.97 Å². The van der Waals surface area contributed by atoms with Gasteiger partial charge in [-0.05, 0) is 6.92 Å². The molecule has 0 rings (SSSR count). The van der Waals surface area contributed by atoms with Gasteiger partial charge in [0.25, 0.3) is 0 Å². The fourth-order valence-corrected chi connectivity index (χ4v) is 0. The molecule has 2 N–H and O–H groups in total. The van der Waals surface area contributed by atoms with Crippen LogP contribution in [0.5, 0.6) is 0 Å². The fraction of sp³-hybridized carbons (Fsp3) is 0.667. The molecule has 0 spiro atoms. The summed E-state index contributed by atoms with van der Waals surface area (Å²) in [6.07, 6.45) is -1.23. The van der Waals surface area contributed by atoms with Gasteiger partial charge in [-0.2, -0.15) is 0 Å². The molecule has 4 heteroatoms. The monoisotopic (exact) mass is 218 g/mol. The minimum Gasteiger partial charge on any atom is -0.479 e. The first-order valence-corrected chi connectivity index (χ1v) is 1.55. The molecule has 0 amide bonds. The summed E-state index contributed by atoms with van der Waals surface area (Å²) in [7, 11) is 0. The maximum Gasteiger partial charge on any atom is 0.332 e. The van der Waals surface area contributed by atoms with Gasteiger partial charge in [0.1, 0.15) is 6.10 Å². The number of aliphatic hydroxyl groups excluding tert-OH is 1. The molecule has 0 saturated heterocycles. The van der Waals surface area contributed by atoms with E-state index in [1.54, 1.807) is 0 Å². The summed E-state index contributed by atoms with van der Waals surface area (Å²) in [4.78, 5) is 9.45. The zero-order valence-electron chi connectivity index (χ0n) is 3.79. The van der Waals surface area contributed by atoms with Crippen LogP contribution in [0.3, 0.4) is 0 Å². The summed E-state index contributed by atoms with van der Waals surface area (Å²) in [6.45, 7) is 1.20. The Hall–Kier alpha value is 0.160. The highest BCUT2D eigenvalue weighted by Gasteiger charge is 2.01. The van der Waals surface area contributed by atoms with Crippen LogP contribution in [0.1, 0.15) is 6.92 Å². The van der Waals surface area contributed by atoms with Crippen LogP contribution in [0, 0.1) is 0 Å². The number of carbonyl (C=O) groups is 1. The van der Waals surface area contributed by atoms with E-state index in [0.717, 1.165) is 0 Å². The topological polar surface area (TPSA) is 57.5 Å². The summed E-state index contributed by atoms with van der Waals surface area (Å²) in [6, 6.07) is 0. The Morgan fingerprint density at radius 3 is 1.86 bits per heavy atom. The van der Waals surface area contributed by atoms with Crippen molar-refractivity contribution in [2.75, 3.05) is 0 Å². The van der Waals surface area contributed by atoms with E-state index in [9.17, 15) is 4.79 Å². The highest BCUT2D eigenvalue weighted by atomic mass is 127. The standard InChI is InChI=1S/C3H6O3.HI/c1-2(4)3(5)6;/h2,4H,1H3,(H,5,6);1H. The minimum absolute atomic E-state index is 0. The molecule has 0 saturated carbocycles. The molecule has 1 atom stereocenters. The van der Waals surface area contributed by atoms with E-state index in [4.69, 9.17) is 10.2 Å². The van der Waals surface area contributed by atoms with E-state index in [-0.39, 0.29) is 24.0 Å². The Balaban J connectivity index is 0. The Kier molecular flexibility index (Phi) is 6.30. The lowest BCUT2D eigenvalue weighted by Crippen LogP contribution is -2.13. The lowest BCUT2D eigenvalue weighted by Gasteiger charge is -1.89. The summed E-state index contributed by atoms with van der Waals surface area (Å²) < 4.78 is 0. The average Bonchev–Trinajstić information content (AvgIpc) is 1.36. The first-order chi connectivity index (χ1) is 2.64. The zero-order chi connectivity index (χ0) is 5.15. The van der Waals surface area contributed by atoms with Gasteiger partial charge in [-0.3, -0.25) is 0 Å². The Morgan fingerprint density at radius 1 is 1.71 bits per heavy atom. The van der Waals surface area contributed by atoms with Crippen LogP contribution in [0.15, 0.2) is 0 Å². The molecule has 0 aromatic carbocycles. The number of halogens is 1. The van der Waals surface area contributed by atoms with Crippen LogP contribution in [-0.4, -0.2) is 22.3 Å². The first-order valence-electron chi connectivity index (χ1n) is 1.55. The van der Waals surface area contributed by atoms with Crippen molar-refractivity contribution in [3.63, 3.8) is 0 Å². The molecule has 3 nitrogen and oxygen atoms in total. The van der Waals surface area contributed by atoms with Gasteiger partial charge in [-0.25, -0.2) is 4.79 Å². The number of carboxylic acids is 1. The van der Waals surface area contributed by atoms with Crippen LogP contribution in [-0.2, 0) is 4.79 Å². The second kappa shape index (κ2) is 4.32. The average molecular weight is 218 g/mol. The van der Waals surface area contributed by atoms with Gasteiger partial charge in [-0.1, -0.05) is 0 Å². The number of aliphatic hydroxyl groups is 1. The largest absolute Gasteiger partial charge is 0.479 e. The van der Waals surface area contributed by atoms with Gasteiger partial charge in [0, 0.05) is 0 Å². The van der Waals surface area contributed by atoms with E-state index in [1.165, 1.54) is 6.92 Å². The predicted molar refractivity (Wildman–Crippen MR) is 34.7 cm³/mol. The summed E-state index contributed by atoms with van der Waals surface area (Å²) >= 11 is 0. The van der Waals surface area contributed by atoms with Crippen molar-refractivity contribution < 1.29 is 15.0 Å². The number of hydrogen-bond donors (Lipinski definition) is 2. The third-order valence-electron chi connectivity index (χ3n) is 0.357.